The van der Waals surface area contributed by atoms with Gasteiger partial charge < -0.3 is 19.8 Å². The number of hydrogen-bond donors (Lipinski definition) is 1. The molecule has 0 spiro atoms. The van der Waals surface area contributed by atoms with Crippen LogP contribution >= 0.6 is 27.5 Å². The van der Waals surface area contributed by atoms with Crippen LogP contribution in [0.15, 0.2) is 41.3 Å². The average molecular weight is 723 g/mol. The fourth-order valence-corrected chi connectivity index (χ4v) is 6.28. The second kappa shape index (κ2) is 13.4. The zero-order valence-electron chi connectivity index (χ0n) is 24.2. The molecule has 0 amide bonds. The Labute approximate surface area is 269 Å². The Bertz CT molecular complexity index is 1440. The van der Waals surface area contributed by atoms with E-state index in [0.717, 1.165) is 25.0 Å². The van der Waals surface area contributed by atoms with E-state index in [1.165, 1.54) is 18.6 Å². The summed E-state index contributed by atoms with van der Waals surface area (Å²) < 4.78 is 82.7. The van der Waals surface area contributed by atoms with Gasteiger partial charge in [-0.05, 0) is 65.4 Å². The maximum atomic E-state index is 13.7. The summed E-state index contributed by atoms with van der Waals surface area (Å²) in [5, 5.41) is 10.2. The molecule has 2 aliphatic heterocycles. The van der Waals surface area contributed by atoms with Crippen LogP contribution in [0.3, 0.4) is 0 Å². The maximum absolute atomic E-state index is 13.7. The van der Waals surface area contributed by atoms with E-state index in [4.69, 9.17) is 16.6 Å². The van der Waals surface area contributed by atoms with E-state index in [2.05, 4.69) is 30.9 Å². The molecule has 244 valence electrons. The molecule has 2 fully saturated rings. The van der Waals surface area contributed by atoms with Gasteiger partial charge in [-0.15, -0.1) is 0 Å². The Kier molecular flexibility index (Phi) is 9.99. The predicted molar refractivity (Wildman–Crippen MR) is 161 cm³/mol. The molecule has 3 aromatic rings. The third-order valence-electron chi connectivity index (χ3n) is 8.05. The number of halogens is 8. The zero-order valence-corrected chi connectivity index (χ0v) is 26.5. The van der Waals surface area contributed by atoms with Crippen LogP contribution in [0.1, 0.15) is 55.7 Å². The fraction of sp³-hybridized carbons (Fsp3) is 0.517. The summed E-state index contributed by atoms with van der Waals surface area (Å²) >= 11 is 9.91. The molecule has 2 aromatic heterocycles. The van der Waals surface area contributed by atoms with Gasteiger partial charge in [0.25, 0.3) is 0 Å². The standard InChI is InChI=1S/C29H31BrClF6N7O/c1-2-3-21-11-22(16-43(21)25-24(31)14-40-27(41-25)42-6-4-23(45)5-7-42)44(26-38-12-20(30)13-39-26)15-17-8-18(28(32,33)34)10-19(9-17)29(35,36)37/h8-10,12-14,21-23,45H,2-7,11,15-16H2,1H3/t21-,22+/m1/s1. The molecule has 1 aromatic carbocycles. The number of piperidine rings is 1. The molecule has 45 heavy (non-hydrogen) atoms. The monoisotopic (exact) mass is 721 g/mol. The number of aromatic nitrogens is 4. The largest absolute Gasteiger partial charge is 0.416 e. The third-order valence-corrected chi connectivity index (χ3v) is 8.73. The molecule has 4 heterocycles. The molecule has 0 aliphatic carbocycles. The highest BCUT2D eigenvalue weighted by Crippen LogP contribution is 2.39. The lowest BCUT2D eigenvalue weighted by Crippen LogP contribution is -2.39. The quantitative estimate of drug-likeness (QED) is 0.246. The van der Waals surface area contributed by atoms with Crippen molar-refractivity contribution < 1.29 is 31.4 Å². The van der Waals surface area contributed by atoms with Crippen molar-refractivity contribution in [2.24, 2.45) is 0 Å². The van der Waals surface area contributed by atoms with E-state index in [1.807, 2.05) is 16.7 Å². The van der Waals surface area contributed by atoms with Crippen molar-refractivity contribution in [2.45, 2.75) is 76.1 Å². The van der Waals surface area contributed by atoms with Crippen molar-refractivity contribution in [3.05, 3.63) is 63.0 Å². The first kappa shape index (κ1) is 33.5. The van der Waals surface area contributed by atoms with Crippen LogP contribution in [0, 0.1) is 0 Å². The lowest BCUT2D eigenvalue weighted by atomic mass is 10.0. The number of hydrogen-bond acceptors (Lipinski definition) is 8. The molecule has 0 unspecified atom stereocenters. The van der Waals surface area contributed by atoms with E-state index >= 15 is 0 Å². The molecule has 0 bridgehead atoms. The Morgan fingerprint density at radius 1 is 0.978 bits per heavy atom. The normalized spacial score (nSPS) is 19.8. The first-order valence-electron chi connectivity index (χ1n) is 14.5. The summed E-state index contributed by atoms with van der Waals surface area (Å²) in [5.41, 5.74) is -2.94. The summed E-state index contributed by atoms with van der Waals surface area (Å²) in [5.74, 6) is 1.12. The molecule has 0 saturated carbocycles. The Morgan fingerprint density at radius 3 is 2.18 bits per heavy atom. The van der Waals surface area contributed by atoms with Gasteiger partial charge in [0.2, 0.25) is 11.9 Å². The molecular weight excluding hydrogens is 692 g/mol. The smallest absolute Gasteiger partial charge is 0.393 e. The minimum Gasteiger partial charge on any atom is -0.393 e. The lowest BCUT2D eigenvalue weighted by molar-refractivity contribution is -0.143. The van der Waals surface area contributed by atoms with Crippen LogP contribution in [0.2, 0.25) is 5.02 Å². The van der Waals surface area contributed by atoms with Crippen LogP contribution < -0.4 is 14.7 Å². The van der Waals surface area contributed by atoms with E-state index in [9.17, 15) is 31.4 Å². The highest BCUT2D eigenvalue weighted by atomic mass is 79.9. The minimum atomic E-state index is -4.97. The van der Waals surface area contributed by atoms with Crippen LogP contribution in [-0.4, -0.2) is 62.9 Å². The topological polar surface area (TPSA) is 81.5 Å². The average Bonchev–Trinajstić information content (AvgIpc) is 3.39. The molecule has 0 radical (unpaired) electrons. The summed E-state index contributed by atoms with van der Waals surface area (Å²) in [6.45, 7) is 3.19. The minimum absolute atomic E-state index is 0.0892. The first-order valence-corrected chi connectivity index (χ1v) is 15.6. The molecule has 1 N–H and O–H groups in total. The lowest BCUT2D eigenvalue weighted by Gasteiger charge is -2.32. The van der Waals surface area contributed by atoms with Gasteiger partial charge >= 0.3 is 12.4 Å². The molecule has 2 aliphatic rings. The second-order valence-electron chi connectivity index (χ2n) is 11.3. The predicted octanol–water partition coefficient (Wildman–Crippen LogP) is 7.14. The summed E-state index contributed by atoms with van der Waals surface area (Å²) in [4.78, 5) is 23.6. The van der Waals surface area contributed by atoms with Crippen LogP contribution in [-0.2, 0) is 18.9 Å². The van der Waals surface area contributed by atoms with E-state index < -0.39 is 29.5 Å². The number of rotatable bonds is 8. The highest BCUT2D eigenvalue weighted by Gasteiger charge is 2.40. The van der Waals surface area contributed by atoms with Crippen LogP contribution in [0.5, 0.6) is 0 Å². The van der Waals surface area contributed by atoms with Crippen LogP contribution in [0.25, 0.3) is 0 Å². The van der Waals surface area contributed by atoms with Gasteiger partial charge in [0, 0.05) is 44.6 Å². The molecule has 16 heteroatoms. The van der Waals surface area contributed by atoms with Crippen LogP contribution in [0.4, 0.5) is 44.1 Å². The summed E-state index contributed by atoms with van der Waals surface area (Å²) in [6, 6.07) is 1.09. The van der Waals surface area contributed by atoms with Gasteiger partial charge in [-0.3, -0.25) is 0 Å². The van der Waals surface area contributed by atoms with Crippen molar-refractivity contribution in [1.82, 2.24) is 19.9 Å². The van der Waals surface area contributed by atoms with Crippen molar-refractivity contribution in [2.75, 3.05) is 34.3 Å². The number of nitrogens with zero attached hydrogens (tertiary/aromatic N) is 7. The summed E-state index contributed by atoms with van der Waals surface area (Å²) in [6.07, 6.45) is -2.64. The molecule has 8 nitrogen and oxygen atoms in total. The van der Waals surface area contributed by atoms with Gasteiger partial charge in [-0.1, -0.05) is 24.9 Å². The van der Waals surface area contributed by atoms with Gasteiger partial charge in [0.15, 0.2) is 5.82 Å². The zero-order chi connectivity index (χ0) is 32.5. The number of benzene rings is 1. The molecule has 2 saturated heterocycles. The van der Waals surface area contributed by atoms with E-state index in [-0.39, 0.29) is 36.3 Å². The maximum Gasteiger partial charge on any atom is 0.416 e. The fourth-order valence-electron chi connectivity index (χ4n) is 5.88. The molecule has 5 rings (SSSR count). The van der Waals surface area contributed by atoms with Gasteiger partial charge in [0.1, 0.15) is 5.02 Å². The highest BCUT2D eigenvalue weighted by molar-refractivity contribution is 9.10. The van der Waals surface area contributed by atoms with E-state index in [0.29, 0.717) is 60.2 Å². The Hall–Kier alpha value is -2.91. The van der Waals surface area contributed by atoms with Crippen molar-refractivity contribution >= 4 is 45.2 Å². The van der Waals surface area contributed by atoms with E-state index in [1.54, 1.807) is 4.90 Å². The SMILES string of the molecule is CCC[C@@H]1C[C@H](N(Cc2cc(C(F)(F)F)cc(C(F)(F)F)c2)c2ncc(Br)cn2)CN1c1nc(N2CCC(O)CC2)ncc1Cl. The summed E-state index contributed by atoms with van der Waals surface area (Å²) in [7, 11) is 0. The Balaban J connectivity index is 1.51. The number of aliphatic hydroxyl groups is 1. The van der Waals surface area contributed by atoms with Crippen molar-refractivity contribution in [1.29, 1.82) is 0 Å². The number of anilines is 3. The third kappa shape index (κ3) is 7.91. The second-order valence-corrected chi connectivity index (χ2v) is 12.6. The number of alkyl halides is 6. The van der Waals surface area contributed by atoms with Gasteiger partial charge in [0.05, 0.1) is 33.9 Å². The number of aliphatic hydroxyl groups excluding tert-OH is 1. The molecule has 2 atom stereocenters. The Morgan fingerprint density at radius 2 is 1.60 bits per heavy atom. The van der Waals surface area contributed by atoms with Gasteiger partial charge in [-0.25, -0.2) is 15.0 Å². The van der Waals surface area contributed by atoms with Gasteiger partial charge in [-0.2, -0.15) is 31.3 Å². The van der Waals surface area contributed by atoms with Crippen molar-refractivity contribution in [3.8, 4) is 0 Å². The molecular formula is C29H31BrClF6N7O. The first-order chi connectivity index (χ1) is 21.2. The van der Waals surface area contributed by atoms with Crippen molar-refractivity contribution in [3.63, 3.8) is 0 Å².